The lowest BCUT2D eigenvalue weighted by Crippen LogP contribution is -2.45. The zero-order valence-electron chi connectivity index (χ0n) is 44.7. The fraction of sp³-hybridized carbons (Fsp3) is 0.933. The largest absolute Gasteiger partial charge is 0.466 e. The first-order chi connectivity index (χ1) is 32.5. The predicted molar refractivity (Wildman–Crippen MR) is 287 cm³/mol. The maximum absolute atomic E-state index is 12.5. The average Bonchev–Trinajstić information content (AvgIpc) is 3.32. The number of ether oxygens (including phenoxy) is 1. The van der Waals surface area contributed by atoms with E-state index in [1.807, 2.05) is 0 Å². The standard InChI is InChI=1S/C60H117NO5/c1-3-5-7-9-11-13-15-17-19-21-23-24-25-26-28-30-32-36-40-44-48-52-58(63)57(56-62)61-59(64)53-49-45-41-37-34-35-39-43-47-51-55-66-60(65)54-50-46-42-38-33-31-29-27-22-20-18-16-14-12-10-8-6-4-2/h35,39,57-58,62-63H,3-34,36-38,40-56H2,1-2H3,(H,61,64)/b39-35-. The number of hydrogen-bond donors (Lipinski definition) is 3. The normalized spacial score (nSPS) is 12.6. The second-order valence-electron chi connectivity index (χ2n) is 20.7. The zero-order valence-corrected chi connectivity index (χ0v) is 44.7. The van der Waals surface area contributed by atoms with Crippen LogP contribution >= 0.6 is 0 Å². The first kappa shape index (κ1) is 64.6. The van der Waals surface area contributed by atoms with Crippen LogP contribution in [-0.2, 0) is 14.3 Å². The van der Waals surface area contributed by atoms with E-state index in [4.69, 9.17) is 4.74 Å². The number of esters is 1. The summed E-state index contributed by atoms with van der Waals surface area (Å²) >= 11 is 0. The van der Waals surface area contributed by atoms with Crippen molar-refractivity contribution in [3.05, 3.63) is 12.2 Å². The lowest BCUT2D eigenvalue weighted by molar-refractivity contribution is -0.143. The Hall–Kier alpha value is -1.40. The molecule has 6 heteroatoms. The van der Waals surface area contributed by atoms with E-state index in [2.05, 4.69) is 31.3 Å². The van der Waals surface area contributed by atoms with E-state index >= 15 is 0 Å². The molecule has 0 bridgehead atoms. The fourth-order valence-electron chi connectivity index (χ4n) is 9.46. The van der Waals surface area contributed by atoms with Gasteiger partial charge in [0, 0.05) is 12.8 Å². The first-order valence-electron chi connectivity index (χ1n) is 29.9. The van der Waals surface area contributed by atoms with Crippen LogP contribution in [0.15, 0.2) is 12.2 Å². The molecule has 3 N–H and O–H groups in total. The number of aliphatic hydroxyl groups excluding tert-OH is 2. The number of carbonyl (C=O) groups is 2. The Morgan fingerprint density at radius 1 is 0.409 bits per heavy atom. The van der Waals surface area contributed by atoms with Gasteiger partial charge in [-0.1, -0.05) is 283 Å². The molecule has 0 aromatic rings. The van der Waals surface area contributed by atoms with Gasteiger partial charge in [0.1, 0.15) is 0 Å². The van der Waals surface area contributed by atoms with Crippen LogP contribution in [-0.4, -0.2) is 47.4 Å². The average molecular weight is 933 g/mol. The summed E-state index contributed by atoms with van der Waals surface area (Å²) in [5.41, 5.74) is 0. The van der Waals surface area contributed by atoms with Gasteiger partial charge in [-0.05, 0) is 51.4 Å². The fourth-order valence-corrected chi connectivity index (χ4v) is 9.46. The van der Waals surface area contributed by atoms with Crippen molar-refractivity contribution in [2.75, 3.05) is 13.2 Å². The molecule has 0 aromatic carbocycles. The van der Waals surface area contributed by atoms with E-state index in [1.165, 1.54) is 225 Å². The number of aliphatic hydroxyl groups is 2. The number of carbonyl (C=O) groups excluding carboxylic acids is 2. The Labute approximate surface area is 412 Å². The van der Waals surface area contributed by atoms with Crippen LogP contribution in [0.1, 0.15) is 335 Å². The molecular weight excluding hydrogens is 815 g/mol. The van der Waals surface area contributed by atoms with Gasteiger partial charge in [0.2, 0.25) is 5.91 Å². The monoisotopic (exact) mass is 932 g/mol. The van der Waals surface area contributed by atoms with Crippen LogP contribution in [0, 0.1) is 0 Å². The maximum atomic E-state index is 12.5. The minimum absolute atomic E-state index is 0.0308. The highest BCUT2D eigenvalue weighted by molar-refractivity contribution is 5.76. The first-order valence-corrected chi connectivity index (χ1v) is 29.9. The minimum Gasteiger partial charge on any atom is -0.466 e. The van der Waals surface area contributed by atoms with Gasteiger partial charge < -0.3 is 20.3 Å². The van der Waals surface area contributed by atoms with Gasteiger partial charge in [-0.15, -0.1) is 0 Å². The molecule has 0 aliphatic rings. The molecule has 0 saturated heterocycles. The Bertz CT molecular complexity index is 986. The van der Waals surface area contributed by atoms with Crippen LogP contribution in [0.3, 0.4) is 0 Å². The summed E-state index contributed by atoms with van der Waals surface area (Å²) < 4.78 is 5.46. The van der Waals surface area contributed by atoms with E-state index in [0.717, 1.165) is 77.0 Å². The number of allylic oxidation sites excluding steroid dienone is 2. The lowest BCUT2D eigenvalue weighted by Gasteiger charge is -2.22. The smallest absolute Gasteiger partial charge is 0.305 e. The van der Waals surface area contributed by atoms with Crippen molar-refractivity contribution in [1.29, 1.82) is 0 Å². The van der Waals surface area contributed by atoms with Crippen LogP contribution in [0.2, 0.25) is 0 Å². The minimum atomic E-state index is -0.686. The van der Waals surface area contributed by atoms with Crippen molar-refractivity contribution in [2.45, 2.75) is 347 Å². The molecule has 0 saturated carbocycles. The molecule has 0 heterocycles. The summed E-state index contributed by atoms with van der Waals surface area (Å²) in [6.45, 7) is 4.90. The number of hydrogen-bond acceptors (Lipinski definition) is 5. The molecule has 0 fully saturated rings. The summed E-state index contributed by atoms with van der Waals surface area (Å²) in [6, 6.07) is -0.567. The highest BCUT2D eigenvalue weighted by Crippen LogP contribution is 2.18. The van der Waals surface area contributed by atoms with E-state index < -0.39 is 12.1 Å². The third-order valence-electron chi connectivity index (χ3n) is 14.1. The van der Waals surface area contributed by atoms with Crippen LogP contribution in [0.25, 0.3) is 0 Å². The van der Waals surface area contributed by atoms with Gasteiger partial charge >= 0.3 is 5.97 Å². The second kappa shape index (κ2) is 56.2. The van der Waals surface area contributed by atoms with Gasteiger partial charge in [-0.3, -0.25) is 9.59 Å². The Morgan fingerprint density at radius 2 is 0.712 bits per heavy atom. The topological polar surface area (TPSA) is 95.9 Å². The molecular formula is C60H117NO5. The molecule has 392 valence electrons. The summed E-state index contributed by atoms with van der Waals surface area (Å²) in [5.74, 6) is -0.0974. The Balaban J connectivity index is 3.48. The van der Waals surface area contributed by atoms with E-state index in [1.54, 1.807) is 0 Å². The van der Waals surface area contributed by atoms with Crippen molar-refractivity contribution in [2.24, 2.45) is 0 Å². The van der Waals surface area contributed by atoms with Crippen LogP contribution < -0.4 is 5.32 Å². The molecule has 0 aromatic heterocycles. The zero-order chi connectivity index (χ0) is 47.9. The molecule has 2 unspecified atom stereocenters. The van der Waals surface area contributed by atoms with E-state index in [0.29, 0.717) is 25.9 Å². The van der Waals surface area contributed by atoms with Crippen molar-refractivity contribution in [3.8, 4) is 0 Å². The predicted octanol–water partition coefficient (Wildman–Crippen LogP) is 18.5. The van der Waals surface area contributed by atoms with Crippen LogP contribution in [0.4, 0.5) is 0 Å². The molecule has 6 nitrogen and oxygen atoms in total. The van der Waals surface area contributed by atoms with E-state index in [9.17, 15) is 19.8 Å². The van der Waals surface area contributed by atoms with Crippen LogP contribution in [0.5, 0.6) is 0 Å². The van der Waals surface area contributed by atoms with Crippen molar-refractivity contribution < 1.29 is 24.5 Å². The molecule has 0 radical (unpaired) electrons. The van der Waals surface area contributed by atoms with Crippen molar-refractivity contribution in [1.82, 2.24) is 5.32 Å². The quantitative estimate of drug-likeness (QED) is 0.0321. The van der Waals surface area contributed by atoms with Gasteiger partial charge in [-0.2, -0.15) is 0 Å². The molecule has 66 heavy (non-hydrogen) atoms. The Morgan fingerprint density at radius 3 is 1.08 bits per heavy atom. The van der Waals surface area contributed by atoms with Gasteiger partial charge in [-0.25, -0.2) is 0 Å². The highest BCUT2D eigenvalue weighted by atomic mass is 16.5. The molecule has 1 amide bonds. The van der Waals surface area contributed by atoms with Crippen molar-refractivity contribution >= 4 is 11.9 Å². The van der Waals surface area contributed by atoms with Crippen molar-refractivity contribution in [3.63, 3.8) is 0 Å². The molecule has 0 rings (SSSR count). The Kier molecular flexibility index (Phi) is 55.0. The third-order valence-corrected chi connectivity index (χ3v) is 14.1. The number of rotatable bonds is 56. The molecule has 0 aliphatic heterocycles. The number of amides is 1. The number of nitrogens with one attached hydrogen (secondary N) is 1. The third kappa shape index (κ3) is 52.0. The van der Waals surface area contributed by atoms with Gasteiger partial charge in [0.15, 0.2) is 0 Å². The summed E-state index contributed by atoms with van der Waals surface area (Å²) in [5, 5.41) is 23.3. The number of unbranched alkanes of at least 4 members (excludes halogenated alkanes) is 43. The van der Waals surface area contributed by atoms with E-state index in [-0.39, 0.29) is 18.5 Å². The second-order valence-corrected chi connectivity index (χ2v) is 20.7. The van der Waals surface area contributed by atoms with Gasteiger partial charge in [0.05, 0.1) is 25.4 Å². The summed E-state index contributed by atoms with van der Waals surface area (Å²) in [4.78, 5) is 24.6. The highest BCUT2D eigenvalue weighted by Gasteiger charge is 2.20. The molecule has 2 atom stereocenters. The lowest BCUT2D eigenvalue weighted by atomic mass is 10.0. The van der Waals surface area contributed by atoms with Gasteiger partial charge in [0.25, 0.3) is 0 Å². The SMILES string of the molecule is CCCCCCCCCCCCCCCCCCCCCCCC(O)C(CO)NC(=O)CCCCCC/C=C\CCCCOC(=O)CCCCCCCCCCCCCCCCCCCC. The summed E-state index contributed by atoms with van der Waals surface area (Å²) in [6.07, 6.45) is 66.4. The molecule has 0 aliphatic carbocycles. The molecule has 0 spiro atoms. The maximum Gasteiger partial charge on any atom is 0.305 e. The summed E-state index contributed by atoms with van der Waals surface area (Å²) in [7, 11) is 0.